The summed E-state index contributed by atoms with van der Waals surface area (Å²) in [5, 5.41) is 19.4. The van der Waals surface area contributed by atoms with E-state index in [0.29, 0.717) is 6.61 Å². The number of fused-ring (bicyclic) bond motifs is 1. The standard InChI is InChI=1S/C27H29NO4/c1-2-6-20-18-24(32-23-7-4-3-5-8-23)10-12-26(20)31-14-13-22-17-21-15-19(16-27(29)30)9-11-25(21)28-22/h3-5,7-12,15,17-18,27-30H,2,6,13-14,16H2,1H3. The first-order valence-electron chi connectivity index (χ1n) is 11.1. The number of ether oxygens (including phenoxy) is 2. The van der Waals surface area contributed by atoms with Crippen LogP contribution in [0.15, 0.2) is 72.8 Å². The van der Waals surface area contributed by atoms with Gasteiger partial charge in [-0.05, 0) is 71.5 Å². The van der Waals surface area contributed by atoms with Gasteiger partial charge in [-0.2, -0.15) is 0 Å². The summed E-state index contributed by atoms with van der Waals surface area (Å²) in [6.07, 6.45) is 1.59. The fourth-order valence-electron chi connectivity index (χ4n) is 3.84. The Hall–Kier alpha value is -3.28. The Balaban J connectivity index is 1.40. The van der Waals surface area contributed by atoms with E-state index in [1.807, 2.05) is 60.7 Å². The molecule has 0 atom stereocenters. The summed E-state index contributed by atoms with van der Waals surface area (Å²) in [5.74, 6) is 2.52. The number of hydrogen-bond acceptors (Lipinski definition) is 4. The zero-order valence-corrected chi connectivity index (χ0v) is 18.3. The third kappa shape index (κ3) is 5.69. The lowest BCUT2D eigenvalue weighted by molar-refractivity contribution is -0.0381. The van der Waals surface area contributed by atoms with Gasteiger partial charge in [-0.15, -0.1) is 0 Å². The first-order valence-corrected chi connectivity index (χ1v) is 11.1. The molecule has 0 saturated carbocycles. The molecule has 0 fully saturated rings. The molecule has 4 aromatic rings. The first kappa shape index (κ1) is 21.9. The second kappa shape index (κ2) is 10.4. The predicted octanol–water partition coefficient (Wildman–Crippen LogP) is 5.39. The van der Waals surface area contributed by atoms with Crippen molar-refractivity contribution >= 4 is 10.9 Å². The predicted molar refractivity (Wildman–Crippen MR) is 126 cm³/mol. The molecule has 3 aromatic carbocycles. The van der Waals surface area contributed by atoms with Crippen molar-refractivity contribution in [1.82, 2.24) is 4.98 Å². The molecule has 0 saturated heterocycles. The van der Waals surface area contributed by atoms with Crippen molar-refractivity contribution in [1.29, 1.82) is 0 Å². The molecule has 0 spiro atoms. The number of aryl methyl sites for hydroxylation is 1. The highest BCUT2D eigenvalue weighted by Gasteiger charge is 2.09. The number of aliphatic hydroxyl groups excluding tert-OH is 1. The summed E-state index contributed by atoms with van der Waals surface area (Å²) in [6, 6.07) is 23.7. The van der Waals surface area contributed by atoms with Crippen LogP contribution in [0.5, 0.6) is 17.2 Å². The van der Waals surface area contributed by atoms with Crippen molar-refractivity contribution in [3.63, 3.8) is 0 Å². The Morgan fingerprint density at radius 3 is 2.50 bits per heavy atom. The van der Waals surface area contributed by atoms with E-state index in [1.165, 1.54) is 0 Å². The molecule has 5 heteroatoms. The van der Waals surface area contributed by atoms with Gasteiger partial charge in [0.1, 0.15) is 17.2 Å². The second-order valence-corrected chi connectivity index (χ2v) is 7.93. The second-order valence-electron chi connectivity index (χ2n) is 7.93. The van der Waals surface area contributed by atoms with Crippen LogP contribution in [0.4, 0.5) is 0 Å². The first-order chi connectivity index (χ1) is 15.6. The van der Waals surface area contributed by atoms with Crippen LogP contribution in [0.25, 0.3) is 10.9 Å². The molecule has 5 nitrogen and oxygen atoms in total. The quantitative estimate of drug-likeness (QED) is 0.294. The van der Waals surface area contributed by atoms with E-state index < -0.39 is 6.29 Å². The summed E-state index contributed by atoms with van der Waals surface area (Å²) < 4.78 is 12.1. The fourth-order valence-corrected chi connectivity index (χ4v) is 3.84. The van der Waals surface area contributed by atoms with Gasteiger partial charge in [0.25, 0.3) is 0 Å². The van der Waals surface area contributed by atoms with Crippen LogP contribution in [-0.4, -0.2) is 28.1 Å². The Morgan fingerprint density at radius 1 is 0.875 bits per heavy atom. The molecule has 32 heavy (non-hydrogen) atoms. The summed E-state index contributed by atoms with van der Waals surface area (Å²) in [6.45, 7) is 2.72. The minimum Gasteiger partial charge on any atom is -0.493 e. The number of H-pyrrole nitrogens is 1. The Morgan fingerprint density at radius 2 is 1.72 bits per heavy atom. The maximum Gasteiger partial charge on any atom is 0.155 e. The molecular formula is C27H29NO4. The van der Waals surface area contributed by atoms with Crippen LogP contribution in [0.1, 0.15) is 30.2 Å². The smallest absolute Gasteiger partial charge is 0.155 e. The molecule has 1 aromatic heterocycles. The number of aromatic amines is 1. The van der Waals surface area contributed by atoms with Crippen LogP contribution in [0.3, 0.4) is 0 Å². The Bertz CT molecular complexity index is 1150. The van der Waals surface area contributed by atoms with Crippen molar-refractivity contribution in [2.45, 2.75) is 38.9 Å². The van der Waals surface area contributed by atoms with Crippen LogP contribution >= 0.6 is 0 Å². The number of benzene rings is 3. The Kier molecular flexibility index (Phi) is 7.10. The summed E-state index contributed by atoms with van der Waals surface area (Å²) in [7, 11) is 0. The lowest BCUT2D eigenvalue weighted by Crippen LogP contribution is -2.07. The van der Waals surface area contributed by atoms with Gasteiger partial charge in [-0.3, -0.25) is 0 Å². The molecule has 0 radical (unpaired) electrons. The van der Waals surface area contributed by atoms with E-state index in [0.717, 1.165) is 64.2 Å². The number of rotatable bonds is 10. The third-order valence-corrected chi connectivity index (χ3v) is 5.32. The molecule has 4 rings (SSSR count). The number of nitrogens with one attached hydrogen (secondary N) is 1. The lowest BCUT2D eigenvalue weighted by atomic mass is 10.1. The average molecular weight is 432 g/mol. The van der Waals surface area contributed by atoms with Crippen molar-refractivity contribution in [3.8, 4) is 17.2 Å². The van der Waals surface area contributed by atoms with Gasteiger partial charge in [0, 0.05) is 24.1 Å². The highest BCUT2D eigenvalue weighted by atomic mass is 16.5. The summed E-state index contributed by atoms with van der Waals surface area (Å²) >= 11 is 0. The third-order valence-electron chi connectivity index (χ3n) is 5.32. The topological polar surface area (TPSA) is 74.7 Å². The minimum atomic E-state index is -1.33. The number of para-hydroxylation sites is 1. The number of aromatic nitrogens is 1. The van der Waals surface area contributed by atoms with Crippen molar-refractivity contribution < 1.29 is 19.7 Å². The minimum absolute atomic E-state index is 0.226. The van der Waals surface area contributed by atoms with Crippen LogP contribution < -0.4 is 9.47 Å². The van der Waals surface area contributed by atoms with E-state index in [1.54, 1.807) is 0 Å². The lowest BCUT2D eigenvalue weighted by Gasteiger charge is -2.13. The highest BCUT2D eigenvalue weighted by Crippen LogP contribution is 2.29. The number of hydrogen-bond donors (Lipinski definition) is 3. The molecule has 0 bridgehead atoms. The molecule has 0 unspecified atom stereocenters. The van der Waals surface area contributed by atoms with E-state index in [-0.39, 0.29) is 6.42 Å². The van der Waals surface area contributed by atoms with E-state index >= 15 is 0 Å². The van der Waals surface area contributed by atoms with E-state index in [4.69, 9.17) is 9.47 Å². The molecule has 0 amide bonds. The van der Waals surface area contributed by atoms with Gasteiger partial charge in [0.05, 0.1) is 6.61 Å². The van der Waals surface area contributed by atoms with Gasteiger partial charge in [0.15, 0.2) is 6.29 Å². The molecule has 0 aliphatic rings. The van der Waals surface area contributed by atoms with E-state index in [2.05, 4.69) is 24.0 Å². The monoisotopic (exact) mass is 431 g/mol. The van der Waals surface area contributed by atoms with Gasteiger partial charge < -0.3 is 24.7 Å². The average Bonchev–Trinajstić information content (AvgIpc) is 3.18. The van der Waals surface area contributed by atoms with Gasteiger partial charge in [-0.25, -0.2) is 0 Å². The Labute approximate surface area is 188 Å². The fraction of sp³-hybridized carbons (Fsp3) is 0.259. The SMILES string of the molecule is CCCc1cc(Oc2ccccc2)ccc1OCCc1cc2cc(CC(O)O)ccc2[nH]1. The zero-order valence-electron chi connectivity index (χ0n) is 18.3. The summed E-state index contributed by atoms with van der Waals surface area (Å²) in [4.78, 5) is 3.41. The van der Waals surface area contributed by atoms with Crippen molar-refractivity contribution in [3.05, 3.63) is 89.6 Å². The van der Waals surface area contributed by atoms with Crippen LogP contribution in [0, 0.1) is 0 Å². The maximum absolute atomic E-state index is 9.18. The number of aliphatic hydroxyl groups is 2. The molecule has 1 heterocycles. The van der Waals surface area contributed by atoms with Gasteiger partial charge in [-0.1, -0.05) is 37.6 Å². The van der Waals surface area contributed by atoms with Crippen molar-refractivity contribution in [2.75, 3.05) is 6.61 Å². The van der Waals surface area contributed by atoms with Crippen LogP contribution in [-0.2, 0) is 19.3 Å². The molecule has 0 aliphatic heterocycles. The molecule has 0 aliphatic carbocycles. The van der Waals surface area contributed by atoms with Crippen molar-refractivity contribution in [2.24, 2.45) is 0 Å². The molecular weight excluding hydrogens is 402 g/mol. The summed E-state index contributed by atoms with van der Waals surface area (Å²) in [5.41, 5.74) is 4.16. The maximum atomic E-state index is 9.18. The zero-order chi connectivity index (χ0) is 22.3. The van der Waals surface area contributed by atoms with Gasteiger partial charge >= 0.3 is 0 Å². The largest absolute Gasteiger partial charge is 0.493 e. The highest BCUT2D eigenvalue weighted by molar-refractivity contribution is 5.81. The van der Waals surface area contributed by atoms with E-state index in [9.17, 15) is 10.2 Å². The van der Waals surface area contributed by atoms with Gasteiger partial charge in [0.2, 0.25) is 0 Å². The van der Waals surface area contributed by atoms with Crippen LogP contribution in [0.2, 0.25) is 0 Å². The molecule has 3 N–H and O–H groups in total. The molecule has 166 valence electrons. The normalized spacial score (nSPS) is 11.2.